The minimum Gasteiger partial charge on any atom is -0.330 e. The molecule has 5 nitrogen and oxygen atoms in total. The zero-order valence-electron chi connectivity index (χ0n) is 8.55. The molecule has 0 saturated carbocycles. The van der Waals surface area contributed by atoms with Crippen molar-refractivity contribution < 1.29 is 9.32 Å². The number of Topliss-reactive ketones (excluding diaryl/α,β-unsaturated/α-hetero) is 1. The lowest BCUT2D eigenvalue weighted by Gasteiger charge is -1.91. The molecule has 84 valence electrons. The Labute approximate surface area is 96.3 Å². The van der Waals surface area contributed by atoms with E-state index in [4.69, 9.17) is 10.3 Å². The molecule has 2 N–H and O–H groups in total. The van der Waals surface area contributed by atoms with Crippen LogP contribution in [-0.2, 0) is 0 Å². The predicted octanol–water partition coefficient (Wildman–Crippen LogP) is 1.72. The molecular weight excluding hydrogens is 226 g/mol. The summed E-state index contributed by atoms with van der Waals surface area (Å²) in [4.78, 5) is 16.5. The minimum absolute atomic E-state index is 0.0665. The van der Waals surface area contributed by atoms with E-state index in [1.165, 1.54) is 11.3 Å². The third-order valence-corrected chi connectivity index (χ3v) is 2.88. The molecule has 0 bridgehead atoms. The highest BCUT2D eigenvalue weighted by Gasteiger charge is 2.15. The van der Waals surface area contributed by atoms with E-state index in [1.807, 2.05) is 17.5 Å². The molecule has 6 heteroatoms. The number of nitrogens with zero attached hydrogens (tertiary/aromatic N) is 2. The first-order valence-electron chi connectivity index (χ1n) is 4.92. The van der Waals surface area contributed by atoms with Crippen molar-refractivity contribution in [1.82, 2.24) is 10.1 Å². The first-order chi connectivity index (χ1) is 7.81. The van der Waals surface area contributed by atoms with Crippen LogP contribution >= 0.6 is 11.3 Å². The van der Waals surface area contributed by atoms with Crippen LogP contribution in [0.4, 0.5) is 0 Å². The Morgan fingerprint density at radius 2 is 2.44 bits per heavy atom. The van der Waals surface area contributed by atoms with E-state index in [-0.39, 0.29) is 11.7 Å². The fraction of sp³-hybridized carbons (Fsp3) is 0.300. The Bertz CT molecular complexity index is 464. The number of ketones is 1. The van der Waals surface area contributed by atoms with Gasteiger partial charge >= 0.3 is 0 Å². The summed E-state index contributed by atoms with van der Waals surface area (Å²) in [6, 6.07) is 3.77. The Balaban J connectivity index is 2.11. The fourth-order valence-electron chi connectivity index (χ4n) is 1.21. The number of nitrogens with two attached hydrogens (primary N) is 1. The van der Waals surface area contributed by atoms with Crippen molar-refractivity contribution in [2.45, 2.75) is 12.8 Å². The maximum Gasteiger partial charge on any atom is 0.294 e. The van der Waals surface area contributed by atoms with E-state index in [2.05, 4.69) is 10.1 Å². The van der Waals surface area contributed by atoms with Crippen LogP contribution in [0.3, 0.4) is 0 Å². The second-order valence-corrected chi connectivity index (χ2v) is 4.16. The first-order valence-corrected chi connectivity index (χ1v) is 5.80. The third-order valence-electron chi connectivity index (χ3n) is 2.01. The molecule has 0 aliphatic heterocycles. The summed E-state index contributed by atoms with van der Waals surface area (Å²) in [5.41, 5.74) is 5.32. The largest absolute Gasteiger partial charge is 0.330 e. The number of hydrogen-bond donors (Lipinski definition) is 1. The molecule has 0 unspecified atom stereocenters. The number of aromatic nitrogens is 2. The highest BCUT2D eigenvalue weighted by Crippen LogP contribution is 2.21. The van der Waals surface area contributed by atoms with Gasteiger partial charge in [0.25, 0.3) is 5.89 Å². The second kappa shape index (κ2) is 5.00. The maximum absolute atomic E-state index is 11.5. The molecule has 0 aromatic carbocycles. The average molecular weight is 237 g/mol. The van der Waals surface area contributed by atoms with Crippen molar-refractivity contribution >= 4 is 17.1 Å². The summed E-state index contributed by atoms with van der Waals surface area (Å²) in [5.74, 6) is 0.378. The highest BCUT2D eigenvalue weighted by atomic mass is 32.1. The summed E-state index contributed by atoms with van der Waals surface area (Å²) in [5, 5.41) is 5.68. The van der Waals surface area contributed by atoms with E-state index in [0.717, 1.165) is 4.88 Å². The van der Waals surface area contributed by atoms with Gasteiger partial charge in [0.15, 0.2) is 0 Å². The number of hydrogen-bond acceptors (Lipinski definition) is 6. The fourth-order valence-corrected chi connectivity index (χ4v) is 1.86. The molecule has 0 saturated heterocycles. The van der Waals surface area contributed by atoms with E-state index in [9.17, 15) is 4.79 Å². The monoisotopic (exact) mass is 237 g/mol. The van der Waals surface area contributed by atoms with Crippen molar-refractivity contribution in [2.75, 3.05) is 6.54 Å². The van der Waals surface area contributed by atoms with Crippen LogP contribution in [0.2, 0.25) is 0 Å². The lowest BCUT2D eigenvalue weighted by molar-refractivity contribution is 0.0938. The van der Waals surface area contributed by atoms with Gasteiger partial charge in [-0.15, -0.1) is 11.3 Å². The van der Waals surface area contributed by atoms with Crippen LogP contribution < -0.4 is 5.73 Å². The quantitative estimate of drug-likeness (QED) is 0.800. The third kappa shape index (κ3) is 2.34. The van der Waals surface area contributed by atoms with Crippen molar-refractivity contribution in [3.8, 4) is 10.7 Å². The van der Waals surface area contributed by atoms with Gasteiger partial charge < -0.3 is 10.3 Å². The lowest BCUT2D eigenvalue weighted by atomic mass is 10.2. The van der Waals surface area contributed by atoms with E-state index in [0.29, 0.717) is 25.2 Å². The average Bonchev–Trinajstić information content (AvgIpc) is 2.94. The number of carbonyl (C=O) groups excluding carboxylic acids is 1. The van der Waals surface area contributed by atoms with E-state index >= 15 is 0 Å². The summed E-state index contributed by atoms with van der Waals surface area (Å²) in [7, 11) is 0. The number of rotatable bonds is 5. The van der Waals surface area contributed by atoms with Crippen LogP contribution in [0, 0.1) is 0 Å². The van der Waals surface area contributed by atoms with Crippen LogP contribution in [0.1, 0.15) is 23.5 Å². The molecule has 0 radical (unpaired) electrons. The van der Waals surface area contributed by atoms with Gasteiger partial charge in [-0.2, -0.15) is 4.98 Å². The molecule has 0 aliphatic carbocycles. The molecule has 2 heterocycles. The molecule has 0 fully saturated rings. The van der Waals surface area contributed by atoms with Crippen LogP contribution in [0.5, 0.6) is 0 Å². The second-order valence-electron chi connectivity index (χ2n) is 3.22. The van der Waals surface area contributed by atoms with Crippen molar-refractivity contribution in [2.24, 2.45) is 5.73 Å². The van der Waals surface area contributed by atoms with Gasteiger partial charge in [-0.05, 0) is 24.4 Å². The van der Waals surface area contributed by atoms with E-state index < -0.39 is 0 Å². The van der Waals surface area contributed by atoms with Crippen molar-refractivity contribution in [1.29, 1.82) is 0 Å². The Morgan fingerprint density at radius 3 is 3.12 bits per heavy atom. The van der Waals surface area contributed by atoms with Gasteiger partial charge in [0.2, 0.25) is 11.6 Å². The Kier molecular flexibility index (Phi) is 3.43. The first kappa shape index (κ1) is 11.0. The topological polar surface area (TPSA) is 82.0 Å². The SMILES string of the molecule is NCCCC(=O)c1nc(-c2cccs2)no1. The summed E-state index contributed by atoms with van der Waals surface area (Å²) >= 11 is 1.50. The van der Waals surface area contributed by atoms with Gasteiger partial charge in [0, 0.05) is 6.42 Å². The summed E-state index contributed by atoms with van der Waals surface area (Å²) in [6.07, 6.45) is 0.984. The molecule has 16 heavy (non-hydrogen) atoms. The van der Waals surface area contributed by atoms with Crippen molar-refractivity contribution in [3.63, 3.8) is 0 Å². The smallest absolute Gasteiger partial charge is 0.294 e. The molecule has 0 atom stereocenters. The number of thiophene rings is 1. The summed E-state index contributed by atoms with van der Waals surface area (Å²) < 4.78 is 4.90. The molecule has 2 rings (SSSR count). The molecular formula is C10H11N3O2S. The molecule has 0 amide bonds. The Morgan fingerprint density at radius 1 is 1.56 bits per heavy atom. The van der Waals surface area contributed by atoms with Crippen molar-refractivity contribution in [3.05, 3.63) is 23.4 Å². The van der Waals surface area contributed by atoms with Gasteiger partial charge in [-0.1, -0.05) is 11.2 Å². The normalized spacial score (nSPS) is 10.6. The zero-order valence-corrected chi connectivity index (χ0v) is 9.37. The summed E-state index contributed by atoms with van der Waals surface area (Å²) in [6.45, 7) is 0.484. The maximum atomic E-state index is 11.5. The standard InChI is InChI=1S/C10H11N3O2S/c11-5-1-3-7(14)10-12-9(13-15-10)8-4-2-6-16-8/h2,4,6H,1,3,5,11H2. The van der Waals surface area contributed by atoms with Gasteiger partial charge in [0.1, 0.15) is 0 Å². The Hall–Kier alpha value is -1.53. The molecule has 0 aliphatic rings. The zero-order chi connectivity index (χ0) is 11.4. The molecule has 0 spiro atoms. The molecule has 2 aromatic heterocycles. The highest BCUT2D eigenvalue weighted by molar-refractivity contribution is 7.13. The van der Waals surface area contributed by atoms with Gasteiger partial charge in [-0.3, -0.25) is 4.79 Å². The van der Waals surface area contributed by atoms with Crippen LogP contribution in [0.25, 0.3) is 10.7 Å². The van der Waals surface area contributed by atoms with Gasteiger partial charge in [0.05, 0.1) is 4.88 Å². The minimum atomic E-state index is -0.152. The van der Waals surface area contributed by atoms with Gasteiger partial charge in [-0.25, -0.2) is 0 Å². The number of carbonyl (C=O) groups is 1. The van der Waals surface area contributed by atoms with Crippen LogP contribution in [-0.4, -0.2) is 22.5 Å². The predicted molar refractivity (Wildman–Crippen MR) is 60.2 cm³/mol. The van der Waals surface area contributed by atoms with Crippen LogP contribution in [0.15, 0.2) is 22.0 Å². The van der Waals surface area contributed by atoms with E-state index in [1.54, 1.807) is 0 Å². The lowest BCUT2D eigenvalue weighted by Crippen LogP contribution is -2.05. The molecule has 2 aromatic rings.